The smallest absolute Gasteiger partial charge is 0.226 e. The molecule has 2 aromatic rings. The molecular weight excluding hydrogens is 280 g/mol. The summed E-state index contributed by atoms with van der Waals surface area (Å²) in [6, 6.07) is 7.73. The van der Waals surface area contributed by atoms with Crippen LogP contribution in [0.3, 0.4) is 0 Å². The molecule has 1 aliphatic heterocycles. The molecule has 1 aliphatic rings. The van der Waals surface area contributed by atoms with Gasteiger partial charge in [0, 0.05) is 42.7 Å². The molecule has 2 N–H and O–H groups in total. The molecule has 6 nitrogen and oxygen atoms in total. The highest BCUT2D eigenvalue weighted by Crippen LogP contribution is 2.19. The molecular formula is C16H18N4O2. The number of morpholine rings is 1. The van der Waals surface area contributed by atoms with Crippen LogP contribution >= 0.6 is 0 Å². The van der Waals surface area contributed by atoms with Gasteiger partial charge in [-0.25, -0.2) is 9.97 Å². The van der Waals surface area contributed by atoms with Crippen molar-refractivity contribution >= 4 is 11.6 Å². The van der Waals surface area contributed by atoms with Crippen LogP contribution in [0, 0.1) is 0 Å². The molecule has 2 heterocycles. The Bertz CT molecular complexity index is 610. The molecule has 1 atom stereocenters. The average molecular weight is 298 g/mol. The molecule has 1 amide bonds. The molecule has 1 aromatic heterocycles. The van der Waals surface area contributed by atoms with Crippen molar-refractivity contribution in [3.05, 3.63) is 43.0 Å². The van der Waals surface area contributed by atoms with Gasteiger partial charge in [0.1, 0.15) is 6.33 Å². The SMILES string of the molecule is O=C(CC1COCCN1)Nc1ccc(-c2cncnc2)cc1. The van der Waals surface area contributed by atoms with Crippen LogP contribution in [0.15, 0.2) is 43.0 Å². The average Bonchev–Trinajstić information content (AvgIpc) is 2.57. The second kappa shape index (κ2) is 7.11. The summed E-state index contributed by atoms with van der Waals surface area (Å²) in [5.74, 6) is -0.0150. The molecule has 1 fully saturated rings. The number of rotatable bonds is 4. The number of ether oxygens (including phenoxy) is 1. The van der Waals surface area contributed by atoms with E-state index in [4.69, 9.17) is 4.74 Å². The van der Waals surface area contributed by atoms with E-state index in [-0.39, 0.29) is 11.9 Å². The van der Waals surface area contributed by atoms with Gasteiger partial charge in [0.2, 0.25) is 5.91 Å². The zero-order valence-corrected chi connectivity index (χ0v) is 12.2. The van der Waals surface area contributed by atoms with Crippen LogP contribution in [0.4, 0.5) is 5.69 Å². The highest BCUT2D eigenvalue weighted by Gasteiger charge is 2.16. The van der Waals surface area contributed by atoms with Crippen LogP contribution in [-0.4, -0.2) is 41.7 Å². The molecule has 0 saturated carbocycles. The van der Waals surface area contributed by atoms with Gasteiger partial charge in [-0.3, -0.25) is 4.79 Å². The minimum atomic E-state index is -0.0150. The monoisotopic (exact) mass is 298 g/mol. The molecule has 1 saturated heterocycles. The van der Waals surface area contributed by atoms with Crippen molar-refractivity contribution in [2.24, 2.45) is 0 Å². The first-order valence-electron chi connectivity index (χ1n) is 7.28. The van der Waals surface area contributed by atoms with E-state index >= 15 is 0 Å². The number of carbonyl (C=O) groups is 1. The minimum Gasteiger partial charge on any atom is -0.378 e. The Morgan fingerprint density at radius 1 is 1.23 bits per heavy atom. The lowest BCUT2D eigenvalue weighted by atomic mass is 10.1. The molecule has 3 rings (SSSR count). The fraction of sp³-hybridized carbons (Fsp3) is 0.312. The predicted molar refractivity (Wildman–Crippen MR) is 83.3 cm³/mol. The second-order valence-corrected chi connectivity index (χ2v) is 5.18. The Balaban J connectivity index is 1.57. The van der Waals surface area contributed by atoms with Crippen LogP contribution in [0.1, 0.15) is 6.42 Å². The first kappa shape index (κ1) is 14.6. The maximum Gasteiger partial charge on any atom is 0.226 e. The summed E-state index contributed by atoms with van der Waals surface area (Å²) in [5, 5.41) is 6.17. The third kappa shape index (κ3) is 3.87. The Kier molecular flexibility index (Phi) is 4.72. The lowest BCUT2D eigenvalue weighted by Gasteiger charge is -2.23. The fourth-order valence-corrected chi connectivity index (χ4v) is 2.38. The molecule has 22 heavy (non-hydrogen) atoms. The van der Waals surface area contributed by atoms with Crippen molar-refractivity contribution < 1.29 is 9.53 Å². The number of nitrogens with zero attached hydrogens (tertiary/aromatic N) is 2. The Hall–Kier alpha value is -2.31. The summed E-state index contributed by atoms with van der Waals surface area (Å²) < 4.78 is 5.34. The number of benzene rings is 1. The molecule has 0 aliphatic carbocycles. The number of hydrogen-bond donors (Lipinski definition) is 2. The summed E-state index contributed by atoms with van der Waals surface area (Å²) >= 11 is 0. The van der Waals surface area contributed by atoms with E-state index in [1.807, 2.05) is 24.3 Å². The highest BCUT2D eigenvalue weighted by atomic mass is 16.5. The van der Waals surface area contributed by atoms with Crippen molar-refractivity contribution in [1.82, 2.24) is 15.3 Å². The number of nitrogens with one attached hydrogen (secondary N) is 2. The molecule has 0 bridgehead atoms. The van der Waals surface area contributed by atoms with Gasteiger partial charge in [-0.05, 0) is 17.7 Å². The van der Waals surface area contributed by atoms with E-state index in [2.05, 4.69) is 20.6 Å². The quantitative estimate of drug-likeness (QED) is 0.893. The fourth-order valence-electron chi connectivity index (χ4n) is 2.38. The van der Waals surface area contributed by atoms with Gasteiger partial charge in [0.15, 0.2) is 0 Å². The number of hydrogen-bond acceptors (Lipinski definition) is 5. The van der Waals surface area contributed by atoms with E-state index in [1.54, 1.807) is 12.4 Å². The maximum atomic E-state index is 12.0. The lowest BCUT2D eigenvalue weighted by molar-refractivity contribution is -0.117. The van der Waals surface area contributed by atoms with Gasteiger partial charge in [0.25, 0.3) is 0 Å². The van der Waals surface area contributed by atoms with Gasteiger partial charge in [-0.2, -0.15) is 0 Å². The second-order valence-electron chi connectivity index (χ2n) is 5.18. The third-order valence-electron chi connectivity index (χ3n) is 3.49. The zero-order chi connectivity index (χ0) is 15.2. The third-order valence-corrected chi connectivity index (χ3v) is 3.49. The summed E-state index contributed by atoms with van der Waals surface area (Å²) in [7, 11) is 0. The number of carbonyl (C=O) groups excluding carboxylic acids is 1. The van der Waals surface area contributed by atoms with Crippen molar-refractivity contribution in [1.29, 1.82) is 0 Å². The maximum absolute atomic E-state index is 12.0. The van der Waals surface area contributed by atoms with E-state index in [0.717, 1.165) is 23.4 Å². The van der Waals surface area contributed by atoms with E-state index in [9.17, 15) is 4.79 Å². The van der Waals surface area contributed by atoms with Crippen molar-refractivity contribution in [3.8, 4) is 11.1 Å². The first-order chi connectivity index (χ1) is 10.8. The minimum absolute atomic E-state index is 0.0150. The normalized spacial score (nSPS) is 17.9. The van der Waals surface area contributed by atoms with Crippen LogP contribution < -0.4 is 10.6 Å². The van der Waals surface area contributed by atoms with Gasteiger partial charge in [-0.15, -0.1) is 0 Å². The molecule has 0 spiro atoms. The van der Waals surface area contributed by atoms with Gasteiger partial charge in [0.05, 0.1) is 13.2 Å². The topological polar surface area (TPSA) is 76.1 Å². The van der Waals surface area contributed by atoms with Crippen LogP contribution in [0.5, 0.6) is 0 Å². The summed E-state index contributed by atoms with van der Waals surface area (Å²) in [6.07, 6.45) is 5.43. The number of amides is 1. The number of anilines is 1. The Labute approximate surface area is 128 Å². The first-order valence-corrected chi connectivity index (χ1v) is 7.28. The largest absolute Gasteiger partial charge is 0.378 e. The van der Waals surface area contributed by atoms with Crippen molar-refractivity contribution in [2.75, 3.05) is 25.1 Å². The summed E-state index contributed by atoms with van der Waals surface area (Å²) in [5.41, 5.74) is 2.74. The van der Waals surface area contributed by atoms with Crippen LogP contribution in [0.2, 0.25) is 0 Å². The Morgan fingerprint density at radius 3 is 2.68 bits per heavy atom. The molecule has 1 aromatic carbocycles. The van der Waals surface area contributed by atoms with Crippen LogP contribution in [-0.2, 0) is 9.53 Å². The lowest BCUT2D eigenvalue weighted by Crippen LogP contribution is -2.43. The molecule has 1 unspecified atom stereocenters. The Morgan fingerprint density at radius 2 is 2.00 bits per heavy atom. The predicted octanol–water partition coefficient (Wildman–Crippen LogP) is 1.46. The van der Waals surface area contributed by atoms with Gasteiger partial charge in [-0.1, -0.05) is 12.1 Å². The van der Waals surface area contributed by atoms with E-state index < -0.39 is 0 Å². The summed E-state index contributed by atoms with van der Waals surface area (Å²) in [4.78, 5) is 20.0. The zero-order valence-electron chi connectivity index (χ0n) is 12.2. The van der Waals surface area contributed by atoms with Crippen LogP contribution in [0.25, 0.3) is 11.1 Å². The van der Waals surface area contributed by atoms with Crippen molar-refractivity contribution in [3.63, 3.8) is 0 Å². The molecule has 114 valence electrons. The van der Waals surface area contributed by atoms with Gasteiger partial charge < -0.3 is 15.4 Å². The van der Waals surface area contributed by atoms with E-state index in [0.29, 0.717) is 19.6 Å². The summed E-state index contributed by atoms with van der Waals surface area (Å²) in [6.45, 7) is 2.09. The van der Waals surface area contributed by atoms with Gasteiger partial charge >= 0.3 is 0 Å². The van der Waals surface area contributed by atoms with Crippen molar-refractivity contribution in [2.45, 2.75) is 12.5 Å². The van der Waals surface area contributed by atoms with E-state index in [1.165, 1.54) is 6.33 Å². The standard InChI is InChI=1S/C16H18N4O2/c21-16(7-15-10-22-6-5-19-15)20-14-3-1-12(2-4-14)13-8-17-11-18-9-13/h1-4,8-9,11,15,19H,5-7,10H2,(H,20,21). The number of aromatic nitrogens is 2. The molecule has 0 radical (unpaired) electrons. The molecule has 6 heteroatoms. The highest BCUT2D eigenvalue weighted by molar-refractivity contribution is 5.91.